The molecule has 0 fully saturated rings. The van der Waals surface area contributed by atoms with E-state index in [1.165, 1.54) is 39.5 Å². The molecule has 2 aromatic rings. The summed E-state index contributed by atoms with van der Waals surface area (Å²) in [4.78, 5) is 6.27. The summed E-state index contributed by atoms with van der Waals surface area (Å²) >= 11 is 1.85. The number of hydrogen-bond acceptors (Lipinski definition) is 3. The fourth-order valence-electron chi connectivity index (χ4n) is 2.51. The highest BCUT2D eigenvalue weighted by atomic mass is 32.1. The maximum absolute atomic E-state index is 4.83. The molecule has 0 amide bonds. The van der Waals surface area contributed by atoms with E-state index in [1.54, 1.807) is 0 Å². The van der Waals surface area contributed by atoms with Crippen LogP contribution in [-0.4, -0.2) is 12.0 Å². The minimum absolute atomic E-state index is 0.505. The van der Waals surface area contributed by atoms with Gasteiger partial charge in [-0.1, -0.05) is 29.8 Å². The third-order valence-electron chi connectivity index (χ3n) is 3.60. The summed E-state index contributed by atoms with van der Waals surface area (Å²) in [5.41, 5.74) is 3.85. The van der Waals surface area contributed by atoms with Crippen molar-refractivity contribution in [3.05, 3.63) is 40.4 Å². The van der Waals surface area contributed by atoms with Gasteiger partial charge >= 0.3 is 0 Å². The van der Waals surface area contributed by atoms with E-state index in [0.29, 0.717) is 6.04 Å². The average Bonchev–Trinajstić information content (AvgIpc) is 2.83. The first-order chi connectivity index (χ1) is 8.78. The summed E-state index contributed by atoms with van der Waals surface area (Å²) < 4.78 is 0. The fraction of sp³-hybridized carbons (Fsp3) is 0.400. The van der Waals surface area contributed by atoms with Crippen molar-refractivity contribution in [3.63, 3.8) is 0 Å². The number of nitrogens with zero attached hydrogens (tertiary/aromatic N) is 1. The van der Waals surface area contributed by atoms with Crippen LogP contribution in [-0.2, 0) is 6.42 Å². The monoisotopic (exact) mass is 258 g/mol. The van der Waals surface area contributed by atoms with Crippen LogP contribution in [0.15, 0.2) is 24.3 Å². The second kappa shape index (κ2) is 4.82. The summed E-state index contributed by atoms with van der Waals surface area (Å²) in [6.45, 7) is 2.12. The lowest BCUT2D eigenvalue weighted by Gasteiger charge is -2.19. The van der Waals surface area contributed by atoms with Crippen LogP contribution in [0.5, 0.6) is 0 Å². The number of aromatic nitrogens is 1. The van der Waals surface area contributed by atoms with Crippen molar-refractivity contribution in [2.24, 2.45) is 0 Å². The van der Waals surface area contributed by atoms with E-state index in [0.717, 1.165) is 6.42 Å². The van der Waals surface area contributed by atoms with Crippen molar-refractivity contribution in [2.45, 2.75) is 32.2 Å². The molecule has 1 unspecified atom stereocenters. The topological polar surface area (TPSA) is 24.9 Å². The molecule has 0 saturated carbocycles. The first-order valence-electron chi connectivity index (χ1n) is 6.52. The van der Waals surface area contributed by atoms with Gasteiger partial charge in [-0.2, -0.15) is 0 Å². The smallest absolute Gasteiger partial charge is 0.123 e. The highest BCUT2D eigenvalue weighted by Crippen LogP contribution is 2.37. The molecule has 1 aromatic heterocycles. The minimum Gasteiger partial charge on any atom is -0.312 e. The fourth-order valence-corrected chi connectivity index (χ4v) is 3.78. The Hall–Kier alpha value is -1.19. The molecule has 1 heterocycles. The SMILES string of the molecule is CNC1CCCc2nc(-c3ccc(C)cc3)sc21. The first kappa shape index (κ1) is 11.9. The van der Waals surface area contributed by atoms with E-state index in [1.807, 2.05) is 18.4 Å². The highest BCUT2D eigenvalue weighted by molar-refractivity contribution is 7.15. The third kappa shape index (κ3) is 2.08. The van der Waals surface area contributed by atoms with Crippen molar-refractivity contribution >= 4 is 11.3 Å². The summed E-state index contributed by atoms with van der Waals surface area (Å²) in [5, 5.41) is 4.57. The van der Waals surface area contributed by atoms with Crippen LogP contribution < -0.4 is 5.32 Å². The molecule has 0 radical (unpaired) electrons. The van der Waals surface area contributed by atoms with Gasteiger partial charge in [0, 0.05) is 16.5 Å². The zero-order valence-electron chi connectivity index (χ0n) is 10.9. The van der Waals surface area contributed by atoms with Crippen molar-refractivity contribution in [1.82, 2.24) is 10.3 Å². The van der Waals surface area contributed by atoms with E-state index in [-0.39, 0.29) is 0 Å². The molecule has 18 heavy (non-hydrogen) atoms. The number of fused-ring (bicyclic) bond motifs is 1. The Bertz CT molecular complexity index is 542. The van der Waals surface area contributed by atoms with Crippen LogP contribution in [0, 0.1) is 6.92 Å². The van der Waals surface area contributed by atoms with E-state index in [4.69, 9.17) is 4.98 Å². The molecular weight excluding hydrogens is 240 g/mol. The number of aryl methyl sites for hydroxylation is 2. The van der Waals surface area contributed by atoms with Gasteiger partial charge in [-0.15, -0.1) is 11.3 Å². The Morgan fingerprint density at radius 1 is 1.28 bits per heavy atom. The van der Waals surface area contributed by atoms with Gasteiger partial charge in [0.1, 0.15) is 5.01 Å². The molecule has 0 bridgehead atoms. The number of nitrogens with one attached hydrogen (secondary N) is 1. The Morgan fingerprint density at radius 3 is 2.78 bits per heavy atom. The van der Waals surface area contributed by atoms with Crippen molar-refractivity contribution in [3.8, 4) is 10.6 Å². The number of thiazole rings is 1. The van der Waals surface area contributed by atoms with E-state index in [9.17, 15) is 0 Å². The zero-order valence-corrected chi connectivity index (χ0v) is 11.7. The van der Waals surface area contributed by atoms with Gasteiger partial charge in [0.2, 0.25) is 0 Å². The standard InChI is InChI=1S/C15H18N2S/c1-10-6-8-11(9-7-10)15-17-13-5-3-4-12(16-2)14(13)18-15/h6-9,12,16H,3-5H2,1-2H3. The minimum atomic E-state index is 0.505. The number of hydrogen-bond donors (Lipinski definition) is 1. The predicted molar refractivity (Wildman–Crippen MR) is 77.0 cm³/mol. The molecule has 1 atom stereocenters. The van der Waals surface area contributed by atoms with E-state index >= 15 is 0 Å². The van der Waals surface area contributed by atoms with Gasteiger partial charge < -0.3 is 5.32 Å². The molecule has 3 heteroatoms. The van der Waals surface area contributed by atoms with Gasteiger partial charge in [0.15, 0.2) is 0 Å². The van der Waals surface area contributed by atoms with Crippen molar-refractivity contribution < 1.29 is 0 Å². The van der Waals surface area contributed by atoms with Crippen LogP contribution in [0.4, 0.5) is 0 Å². The Morgan fingerprint density at radius 2 is 2.06 bits per heavy atom. The van der Waals surface area contributed by atoms with Crippen molar-refractivity contribution in [1.29, 1.82) is 0 Å². The highest BCUT2D eigenvalue weighted by Gasteiger charge is 2.23. The molecule has 1 aliphatic carbocycles. The Labute approximate surface area is 112 Å². The molecule has 1 aromatic carbocycles. The molecule has 2 nitrogen and oxygen atoms in total. The summed E-state index contributed by atoms with van der Waals surface area (Å²) in [5.74, 6) is 0. The first-order valence-corrected chi connectivity index (χ1v) is 7.33. The lowest BCUT2D eigenvalue weighted by atomic mass is 9.98. The van der Waals surface area contributed by atoms with Gasteiger partial charge in [-0.25, -0.2) is 4.98 Å². The van der Waals surface area contributed by atoms with Gasteiger partial charge in [0.25, 0.3) is 0 Å². The molecule has 3 rings (SSSR count). The molecule has 0 spiro atoms. The maximum atomic E-state index is 4.83. The number of rotatable bonds is 2. The quantitative estimate of drug-likeness (QED) is 0.888. The van der Waals surface area contributed by atoms with Crippen LogP contribution in [0.3, 0.4) is 0 Å². The predicted octanol–water partition coefficient (Wildman–Crippen LogP) is 3.72. The Kier molecular flexibility index (Phi) is 3.18. The molecule has 1 aliphatic rings. The number of benzene rings is 1. The third-order valence-corrected chi connectivity index (χ3v) is 4.86. The molecule has 0 aliphatic heterocycles. The normalized spacial score (nSPS) is 18.7. The molecule has 1 N–H and O–H groups in total. The van der Waals surface area contributed by atoms with Crippen LogP contribution in [0.1, 0.15) is 35.0 Å². The molecule has 0 saturated heterocycles. The summed E-state index contributed by atoms with van der Waals surface area (Å²) in [7, 11) is 2.05. The van der Waals surface area contributed by atoms with Gasteiger partial charge in [-0.3, -0.25) is 0 Å². The van der Waals surface area contributed by atoms with E-state index in [2.05, 4.69) is 36.5 Å². The molecular formula is C15H18N2S. The van der Waals surface area contributed by atoms with Gasteiger partial charge in [-0.05, 0) is 33.2 Å². The summed E-state index contributed by atoms with van der Waals surface area (Å²) in [6, 6.07) is 9.17. The lowest BCUT2D eigenvalue weighted by Crippen LogP contribution is -2.19. The zero-order chi connectivity index (χ0) is 12.5. The maximum Gasteiger partial charge on any atom is 0.123 e. The lowest BCUT2D eigenvalue weighted by molar-refractivity contribution is 0.501. The van der Waals surface area contributed by atoms with E-state index < -0.39 is 0 Å². The summed E-state index contributed by atoms with van der Waals surface area (Å²) in [6.07, 6.45) is 3.62. The second-order valence-corrected chi connectivity index (χ2v) is 5.96. The van der Waals surface area contributed by atoms with Crippen LogP contribution >= 0.6 is 11.3 Å². The van der Waals surface area contributed by atoms with Crippen LogP contribution in [0.2, 0.25) is 0 Å². The molecule has 94 valence electrons. The van der Waals surface area contributed by atoms with Gasteiger partial charge in [0.05, 0.1) is 5.69 Å². The van der Waals surface area contributed by atoms with Crippen LogP contribution in [0.25, 0.3) is 10.6 Å². The Balaban J connectivity index is 1.99. The second-order valence-electron chi connectivity index (χ2n) is 4.93. The average molecular weight is 258 g/mol. The largest absolute Gasteiger partial charge is 0.312 e. The van der Waals surface area contributed by atoms with Crippen molar-refractivity contribution in [2.75, 3.05) is 7.05 Å².